The van der Waals surface area contributed by atoms with Crippen LogP contribution in [0.2, 0.25) is 5.02 Å². The fourth-order valence-corrected chi connectivity index (χ4v) is 2.38. The number of aryl methyl sites for hydroxylation is 1. The van der Waals surface area contributed by atoms with Gasteiger partial charge in [0.25, 0.3) is 5.91 Å². The number of amides is 1. The molecule has 1 amide bonds. The number of hydrogen-bond acceptors (Lipinski definition) is 4. The SMILES string of the molecule is CCC(OC(=O)COc1ccc(Cl)c(C)c1)C(=O)NCc1ccccc1. The molecular weight excluding hydrogens is 354 g/mol. The number of carbonyl (C=O) groups is 2. The first-order valence-corrected chi connectivity index (χ1v) is 8.77. The summed E-state index contributed by atoms with van der Waals surface area (Å²) in [6, 6.07) is 14.6. The molecule has 2 rings (SSSR count). The van der Waals surface area contributed by atoms with Crippen molar-refractivity contribution < 1.29 is 19.1 Å². The molecule has 0 aromatic heterocycles. The third-order valence-corrected chi connectivity index (χ3v) is 4.16. The highest BCUT2D eigenvalue weighted by atomic mass is 35.5. The molecule has 0 saturated carbocycles. The van der Waals surface area contributed by atoms with Crippen molar-refractivity contribution in [3.05, 3.63) is 64.7 Å². The molecule has 0 aliphatic carbocycles. The van der Waals surface area contributed by atoms with Gasteiger partial charge in [0.05, 0.1) is 0 Å². The first-order chi connectivity index (χ1) is 12.5. The lowest BCUT2D eigenvalue weighted by molar-refractivity contribution is -0.158. The average molecular weight is 376 g/mol. The largest absolute Gasteiger partial charge is 0.482 e. The summed E-state index contributed by atoms with van der Waals surface area (Å²) >= 11 is 5.95. The van der Waals surface area contributed by atoms with Gasteiger partial charge in [-0.05, 0) is 42.7 Å². The summed E-state index contributed by atoms with van der Waals surface area (Å²) in [7, 11) is 0. The van der Waals surface area contributed by atoms with Gasteiger partial charge in [0.1, 0.15) is 5.75 Å². The number of nitrogens with one attached hydrogen (secondary N) is 1. The normalized spacial score (nSPS) is 11.5. The highest BCUT2D eigenvalue weighted by Crippen LogP contribution is 2.21. The van der Waals surface area contributed by atoms with Crippen LogP contribution in [0, 0.1) is 6.92 Å². The van der Waals surface area contributed by atoms with Gasteiger partial charge in [-0.1, -0.05) is 48.9 Å². The molecule has 6 heteroatoms. The van der Waals surface area contributed by atoms with Gasteiger partial charge in [-0.2, -0.15) is 0 Å². The van der Waals surface area contributed by atoms with Crippen LogP contribution in [0.3, 0.4) is 0 Å². The first kappa shape index (κ1) is 19.8. The van der Waals surface area contributed by atoms with Gasteiger partial charge in [0, 0.05) is 11.6 Å². The summed E-state index contributed by atoms with van der Waals surface area (Å²) in [6.45, 7) is 3.74. The summed E-state index contributed by atoms with van der Waals surface area (Å²) in [5, 5.41) is 3.40. The number of hydrogen-bond donors (Lipinski definition) is 1. The molecule has 0 aliphatic rings. The highest BCUT2D eigenvalue weighted by molar-refractivity contribution is 6.31. The van der Waals surface area contributed by atoms with Crippen molar-refractivity contribution in [3.8, 4) is 5.75 Å². The number of esters is 1. The Balaban J connectivity index is 1.80. The van der Waals surface area contributed by atoms with E-state index in [1.807, 2.05) is 37.3 Å². The molecule has 2 aromatic carbocycles. The summed E-state index contributed by atoms with van der Waals surface area (Å²) in [4.78, 5) is 24.2. The maximum Gasteiger partial charge on any atom is 0.344 e. The fourth-order valence-electron chi connectivity index (χ4n) is 2.26. The summed E-state index contributed by atoms with van der Waals surface area (Å²) < 4.78 is 10.6. The van der Waals surface area contributed by atoms with Crippen molar-refractivity contribution in [3.63, 3.8) is 0 Å². The molecule has 1 atom stereocenters. The second-order valence-corrected chi connectivity index (χ2v) is 6.20. The number of benzene rings is 2. The van der Waals surface area contributed by atoms with Crippen molar-refractivity contribution >= 4 is 23.5 Å². The Morgan fingerprint density at radius 3 is 2.54 bits per heavy atom. The lowest BCUT2D eigenvalue weighted by Crippen LogP contribution is -2.38. The summed E-state index contributed by atoms with van der Waals surface area (Å²) in [5.74, 6) is -0.406. The zero-order valence-electron chi connectivity index (χ0n) is 14.8. The van der Waals surface area contributed by atoms with E-state index in [4.69, 9.17) is 21.1 Å². The third kappa shape index (κ3) is 6.08. The Kier molecular flexibility index (Phi) is 7.48. The van der Waals surface area contributed by atoms with Crippen LogP contribution in [0.15, 0.2) is 48.5 Å². The number of carbonyl (C=O) groups excluding carboxylic acids is 2. The van der Waals surface area contributed by atoms with Gasteiger partial charge < -0.3 is 14.8 Å². The molecule has 1 unspecified atom stereocenters. The molecule has 0 saturated heterocycles. The Labute approximate surface area is 158 Å². The van der Waals surface area contributed by atoms with Crippen molar-refractivity contribution in [1.29, 1.82) is 0 Å². The van der Waals surface area contributed by atoms with E-state index in [1.54, 1.807) is 25.1 Å². The molecule has 0 radical (unpaired) electrons. The van der Waals surface area contributed by atoms with Crippen LogP contribution < -0.4 is 10.1 Å². The van der Waals surface area contributed by atoms with Crippen LogP contribution in [0.1, 0.15) is 24.5 Å². The van der Waals surface area contributed by atoms with Crippen LogP contribution in [-0.4, -0.2) is 24.6 Å². The first-order valence-electron chi connectivity index (χ1n) is 8.39. The molecule has 2 aromatic rings. The number of rotatable bonds is 8. The standard InChI is InChI=1S/C20H22ClNO4/c1-3-18(20(24)22-12-15-7-5-4-6-8-15)26-19(23)13-25-16-9-10-17(21)14(2)11-16/h4-11,18H,3,12-13H2,1-2H3,(H,22,24). The predicted octanol–water partition coefficient (Wildman–Crippen LogP) is 3.67. The fraction of sp³-hybridized carbons (Fsp3) is 0.300. The third-order valence-electron chi connectivity index (χ3n) is 3.73. The monoisotopic (exact) mass is 375 g/mol. The predicted molar refractivity (Wildman–Crippen MR) is 100 cm³/mol. The van der Waals surface area contributed by atoms with Crippen molar-refractivity contribution in [2.45, 2.75) is 32.9 Å². The van der Waals surface area contributed by atoms with Crippen LogP contribution in [0.4, 0.5) is 0 Å². The van der Waals surface area contributed by atoms with Crippen LogP contribution in [0.5, 0.6) is 5.75 Å². The maximum atomic E-state index is 12.2. The van der Waals surface area contributed by atoms with Gasteiger partial charge >= 0.3 is 5.97 Å². The van der Waals surface area contributed by atoms with E-state index in [0.29, 0.717) is 23.7 Å². The zero-order valence-corrected chi connectivity index (χ0v) is 15.6. The van der Waals surface area contributed by atoms with Gasteiger partial charge in [-0.25, -0.2) is 4.79 Å². The van der Waals surface area contributed by atoms with Crippen LogP contribution in [-0.2, 0) is 20.9 Å². The highest BCUT2D eigenvalue weighted by Gasteiger charge is 2.21. The Hall–Kier alpha value is -2.53. The van der Waals surface area contributed by atoms with E-state index in [0.717, 1.165) is 11.1 Å². The van der Waals surface area contributed by atoms with Crippen molar-refractivity contribution in [2.75, 3.05) is 6.61 Å². The van der Waals surface area contributed by atoms with E-state index in [1.165, 1.54) is 0 Å². The molecule has 138 valence electrons. The second kappa shape index (κ2) is 9.82. The number of halogens is 1. The Morgan fingerprint density at radius 2 is 1.88 bits per heavy atom. The lowest BCUT2D eigenvalue weighted by Gasteiger charge is -2.16. The number of ether oxygens (including phenoxy) is 2. The van der Waals surface area contributed by atoms with E-state index in [9.17, 15) is 9.59 Å². The molecule has 0 heterocycles. The minimum Gasteiger partial charge on any atom is -0.482 e. The molecule has 0 spiro atoms. The van der Waals surface area contributed by atoms with E-state index in [2.05, 4.69) is 5.32 Å². The van der Waals surface area contributed by atoms with Crippen molar-refractivity contribution in [1.82, 2.24) is 5.32 Å². The van der Waals surface area contributed by atoms with E-state index < -0.39 is 12.1 Å². The van der Waals surface area contributed by atoms with Crippen LogP contribution in [0.25, 0.3) is 0 Å². The second-order valence-electron chi connectivity index (χ2n) is 5.79. The smallest absolute Gasteiger partial charge is 0.344 e. The molecule has 5 nitrogen and oxygen atoms in total. The molecule has 1 N–H and O–H groups in total. The summed E-state index contributed by atoms with van der Waals surface area (Å²) in [6.07, 6.45) is -0.464. The van der Waals surface area contributed by atoms with Gasteiger partial charge in [-0.3, -0.25) is 4.79 Å². The quantitative estimate of drug-likeness (QED) is 0.715. The molecule has 0 bridgehead atoms. The Bertz CT molecular complexity index is 749. The van der Waals surface area contributed by atoms with Gasteiger partial charge in [0.2, 0.25) is 0 Å². The minimum atomic E-state index is -0.846. The topological polar surface area (TPSA) is 64.6 Å². The Morgan fingerprint density at radius 1 is 1.15 bits per heavy atom. The van der Waals surface area contributed by atoms with E-state index >= 15 is 0 Å². The molecule has 0 fully saturated rings. The summed E-state index contributed by atoms with van der Waals surface area (Å²) in [5.41, 5.74) is 1.83. The molecule has 26 heavy (non-hydrogen) atoms. The minimum absolute atomic E-state index is 0.274. The van der Waals surface area contributed by atoms with E-state index in [-0.39, 0.29) is 12.5 Å². The van der Waals surface area contributed by atoms with Crippen molar-refractivity contribution in [2.24, 2.45) is 0 Å². The molecule has 0 aliphatic heterocycles. The van der Waals surface area contributed by atoms with Gasteiger partial charge in [0.15, 0.2) is 12.7 Å². The van der Waals surface area contributed by atoms with Crippen LogP contribution >= 0.6 is 11.6 Å². The molecular formula is C20H22ClNO4. The zero-order chi connectivity index (χ0) is 18.9. The average Bonchev–Trinajstić information content (AvgIpc) is 2.66. The maximum absolute atomic E-state index is 12.2. The van der Waals surface area contributed by atoms with Gasteiger partial charge in [-0.15, -0.1) is 0 Å². The lowest BCUT2D eigenvalue weighted by atomic mass is 10.2.